The molecule has 35 heavy (non-hydrogen) atoms. The predicted molar refractivity (Wildman–Crippen MR) is 129 cm³/mol. The number of amides is 2. The first-order chi connectivity index (χ1) is 16.8. The van der Waals surface area contributed by atoms with Crippen molar-refractivity contribution in [2.75, 3.05) is 0 Å². The van der Waals surface area contributed by atoms with Crippen LogP contribution in [0.3, 0.4) is 0 Å². The molecule has 10 nitrogen and oxygen atoms in total. The van der Waals surface area contributed by atoms with Crippen LogP contribution < -0.4 is 10.9 Å². The minimum Gasteiger partial charge on any atom is -0.507 e. The molecular formula is C24H18ClN5O5. The first-order valence-corrected chi connectivity index (χ1v) is 10.6. The Kier molecular flexibility index (Phi) is 6.74. The van der Waals surface area contributed by atoms with Gasteiger partial charge in [-0.25, -0.2) is 10.9 Å². The molecule has 11 heteroatoms. The molecule has 4 rings (SSSR count). The first kappa shape index (κ1) is 23.5. The summed E-state index contributed by atoms with van der Waals surface area (Å²) in [5.41, 5.74) is 4.99. The summed E-state index contributed by atoms with van der Waals surface area (Å²) in [6, 6.07) is 18.4. The third-order valence-corrected chi connectivity index (χ3v) is 5.21. The number of phenols is 2. The molecule has 176 valence electrons. The molecule has 1 atom stereocenters. The minimum atomic E-state index is -0.940. The lowest BCUT2D eigenvalue weighted by Gasteiger charge is -2.11. The van der Waals surface area contributed by atoms with Gasteiger partial charge in [0.2, 0.25) is 5.90 Å². The summed E-state index contributed by atoms with van der Waals surface area (Å²) in [5.74, 6) is -2.32. The van der Waals surface area contributed by atoms with Crippen molar-refractivity contribution in [2.24, 2.45) is 10.2 Å². The molecule has 0 radical (unpaired) electrons. The Labute approximate surface area is 204 Å². The van der Waals surface area contributed by atoms with Gasteiger partial charge in [-0.05, 0) is 42.0 Å². The highest BCUT2D eigenvalue weighted by atomic mass is 35.5. The second-order valence-corrected chi connectivity index (χ2v) is 7.69. The van der Waals surface area contributed by atoms with Crippen LogP contribution in [0.2, 0.25) is 5.02 Å². The molecule has 0 aliphatic carbocycles. The van der Waals surface area contributed by atoms with Gasteiger partial charge in [0, 0.05) is 5.02 Å². The van der Waals surface area contributed by atoms with Crippen molar-refractivity contribution in [2.45, 2.75) is 6.10 Å². The molecule has 3 aromatic carbocycles. The Bertz CT molecular complexity index is 1370. The van der Waals surface area contributed by atoms with Crippen molar-refractivity contribution >= 4 is 40.7 Å². The number of halogens is 1. The SMILES string of the molecule is N=C1OC(c2ccc(Cl)cc2)C(=N/NC(=O)c2ccccc2O)/C1=N/NC(=O)c1ccccc1O. The molecular weight excluding hydrogens is 474 g/mol. The lowest BCUT2D eigenvalue weighted by molar-refractivity contribution is 0.0943. The van der Waals surface area contributed by atoms with Crippen molar-refractivity contribution in [3.63, 3.8) is 0 Å². The summed E-state index contributed by atoms with van der Waals surface area (Å²) >= 11 is 5.97. The lowest BCUT2D eigenvalue weighted by Crippen LogP contribution is -2.28. The Balaban J connectivity index is 1.66. The van der Waals surface area contributed by atoms with E-state index < -0.39 is 23.8 Å². The topological polar surface area (TPSA) is 156 Å². The van der Waals surface area contributed by atoms with Crippen molar-refractivity contribution in [3.8, 4) is 11.5 Å². The van der Waals surface area contributed by atoms with Gasteiger partial charge in [0.05, 0.1) is 11.1 Å². The van der Waals surface area contributed by atoms with Crippen LogP contribution in [0.5, 0.6) is 11.5 Å². The molecule has 1 saturated heterocycles. The maximum atomic E-state index is 12.6. The number of ether oxygens (including phenoxy) is 1. The number of hydrogen-bond acceptors (Lipinski definition) is 8. The average molecular weight is 492 g/mol. The number of benzene rings is 3. The van der Waals surface area contributed by atoms with Crippen LogP contribution in [0.15, 0.2) is 83.0 Å². The van der Waals surface area contributed by atoms with E-state index in [1.165, 1.54) is 24.3 Å². The summed E-state index contributed by atoms with van der Waals surface area (Å²) in [4.78, 5) is 25.0. The molecule has 2 amide bonds. The third-order valence-electron chi connectivity index (χ3n) is 4.96. The summed E-state index contributed by atoms with van der Waals surface area (Å²) in [7, 11) is 0. The molecule has 0 spiro atoms. The second-order valence-electron chi connectivity index (χ2n) is 7.25. The molecule has 1 aliphatic heterocycles. The highest BCUT2D eigenvalue weighted by Crippen LogP contribution is 2.28. The Morgan fingerprint density at radius 3 is 1.89 bits per heavy atom. The largest absolute Gasteiger partial charge is 0.507 e. The number of nitrogens with one attached hydrogen (secondary N) is 3. The fraction of sp³-hybridized carbons (Fsp3) is 0.0417. The van der Waals surface area contributed by atoms with Gasteiger partial charge in [-0.2, -0.15) is 10.2 Å². The van der Waals surface area contributed by atoms with E-state index in [4.69, 9.17) is 21.7 Å². The maximum absolute atomic E-state index is 12.6. The van der Waals surface area contributed by atoms with Gasteiger partial charge < -0.3 is 14.9 Å². The summed E-state index contributed by atoms with van der Waals surface area (Å²) in [6.45, 7) is 0. The minimum absolute atomic E-state index is 0.0137. The molecule has 1 aliphatic rings. The van der Waals surface area contributed by atoms with Gasteiger partial charge in [0.1, 0.15) is 17.2 Å². The fourth-order valence-electron chi connectivity index (χ4n) is 3.22. The van der Waals surface area contributed by atoms with E-state index >= 15 is 0 Å². The molecule has 5 N–H and O–H groups in total. The zero-order valence-corrected chi connectivity index (χ0v) is 18.7. The zero-order chi connectivity index (χ0) is 24.9. The van der Waals surface area contributed by atoms with Crippen LogP contribution in [-0.4, -0.2) is 39.3 Å². The predicted octanol–water partition coefficient (Wildman–Crippen LogP) is 3.37. The van der Waals surface area contributed by atoms with Gasteiger partial charge in [-0.3, -0.25) is 15.0 Å². The van der Waals surface area contributed by atoms with E-state index in [0.29, 0.717) is 10.6 Å². The van der Waals surface area contributed by atoms with Gasteiger partial charge in [-0.15, -0.1) is 0 Å². The Morgan fingerprint density at radius 1 is 0.829 bits per heavy atom. The highest BCUT2D eigenvalue weighted by Gasteiger charge is 2.37. The fourth-order valence-corrected chi connectivity index (χ4v) is 3.35. The number of hydrogen-bond donors (Lipinski definition) is 5. The molecule has 1 heterocycles. The van der Waals surface area contributed by atoms with Crippen molar-refractivity contribution in [1.29, 1.82) is 5.41 Å². The summed E-state index contributed by atoms with van der Waals surface area (Å²) in [5, 5.41) is 36.6. The monoisotopic (exact) mass is 491 g/mol. The number of hydrazone groups is 2. The molecule has 1 fully saturated rings. The third kappa shape index (κ3) is 5.12. The van der Waals surface area contributed by atoms with E-state index in [0.717, 1.165) is 0 Å². The highest BCUT2D eigenvalue weighted by molar-refractivity contribution is 6.69. The molecule has 3 aromatic rings. The number of rotatable bonds is 5. The average Bonchev–Trinajstić information content (AvgIpc) is 3.17. The standard InChI is InChI=1S/C24H18ClN5O5/c25-14-11-9-13(10-12-14)21-19(27-29-23(33)15-5-1-3-7-17(15)31)20(22(26)35-21)28-30-24(34)16-6-2-4-8-18(16)32/h1-12,21,26,31-32H,(H,29,33)(H,30,34)/b26-22?,27-19+,28-20-. The van der Waals surface area contributed by atoms with E-state index in [1.54, 1.807) is 48.5 Å². The van der Waals surface area contributed by atoms with Crippen LogP contribution in [0.1, 0.15) is 32.4 Å². The summed E-state index contributed by atoms with van der Waals surface area (Å²) in [6.07, 6.45) is -0.940. The quantitative estimate of drug-likeness (QED) is 0.346. The Morgan fingerprint density at radius 2 is 1.34 bits per heavy atom. The molecule has 0 bridgehead atoms. The van der Waals surface area contributed by atoms with Gasteiger partial charge >= 0.3 is 0 Å². The van der Waals surface area contributed by atoms with Crippen molar-refractivity contribution in [3.05, 3.63) is 94.5 Å². The van der Waals surface area contributed by atoms with Gasteiger partial charge in [0.25, 0.3) is 11.8 Å². The van der Waals surface area contributed by atoms with Crippen LogP contribution in [-0.2, 0) is 4.74 Å². The van der Waals surface area contributed by atoms with Crippen molar-refractivity contribution < 1.29 is 24.5 Å². The molecule has 1 unspecified atom stereocenters. The number of aromatic hydroxyl groups is 2. The van der Waals surface area contributed by atoms with E-state index in [2.05, 4.69) is 21.1 Å². The number of phenolic OH excluding ortho intramolecular Hbond substituents is 2. The van der Waals surface area contributed by atoms with Gasteiger partial charge in [0.15, 0.2) is 11.8 Å². The van der Waals surface area contributed by atoms with Crippen LogP contribution in [0.4, 0.5) is 0 Å². The van der Waals surface area contributed by atoms with Crippen LogP contribution in [0.25, 0.3) is 0 Å². The number of carbonyl (C=O) groups is 2. The number of nitrogens with zero attached hydrogens (tertiary/aromatic N) is 2. The summed E-state index contributed by atoms with van der Waals surface area (Å²) < 4.78 is 5.61. The second kappa shape index (κ2) is 10.1. The van der Waals surface area contributed by atoms with Crippen LogP contribution >= 0.6 is 11.6 Å². The van der Waals surface area contributed by atoms with E-state index in [-0.39, 0.29) is 34.0 Å². The van der Waals surface area contributed by atoms with Gasteiger partial charge in [-0.1, -0.05) is 48.0 Å². The lowest BCUT2D eigenvalue weighted by atomic mass is 10.0. The van der Waals surface area contributed by atoms with E-state index in [9.17, 15) is 19.8 Å². The Hall–Kier alpha value is -4.70. The maximum Gasteiger partial charge on any atom is 0.275 e. The zero-order valence-electron chi connectivity index (χ0n) is 17.9. The smallest absolute Gasteiger partial charge is 0.275 e. The number of carbonyl (C=O) groups excluding carboxylic acids is 2. The molecule has 0 aromatic heterocycles. The number of para-hydroxylation sites is 2. The van der Waals surface area contributed by atoms with E-state index in [1.807, 2.05) is 0 Å². The van der Waals surface area contributed by atoms with Crippen LogP contribution in [0, 0.1) is 5.41 Å². The van der Waals surface area contributed by atoms with Crippen molar-refractivity contribution in [1.82, 2.24) is 10.9 Å². The normalized spacial score (nSPS) is 17.3. The molecule has 0 saturated carbocycles. The first-order valence-electron chi connectivity index (χ1n) is 10.2.